The van der Waals surface area contributed by atoms with Crippen molar-refractivity contribution in [2.75, 3.05) is 6.54 Å². The van der Waals surface area contributed by atoms with Gasteiger partial charge in [0.1, 0.15) is 11.6 Å². The summed E-state index contributed by atoms with van der Waals surface area (Å²) in [6.45, 7) is 2.34. The van der Waals surface area contributed by atoms with Crippen LogP contribution in [0.25, 0.3) is 5.69 Å². The highest BCUT2D eigenvalue weighted by Crippen LogP contribution is 2.43. The number of amides is 1. The van der Waals surface area contributed by atoms with E-state index in [1.165, 1.54) is 24.1 Å². The number of nitrogens with zero attached hydrogens (tertiary/aromatic N) is 3. The molecule has 1 aliphatic carbocycles. The van der Waals surface area contributed by atoms with Crippen LogP contribution in [0.15, 0.2) is 54.6 Å². The second kappa shape index (κ2) is 6.95. The van der Waals surface area contributed by atoms with E-state index in [1.54, 1.807) is 23.7 Å². The highest BCUT2D eigenvalue weighted by molar-refractivity contribution is 5.90. The highest BCUT2D eigenvalue weighted by Gasteiger charge is 2.39. The Bertz CT molecular complexity index is 946. The van der Waals surface area contributed by atoms with Gasteiger partial charge in [-0.1, -0.05) is 36.8 Å². The Kier molecular flexibility index (Phi) is 4.48. The van der Waals surface area contributed by atoms with Gasteiger partial charge in [0, 0.05) is 12.0 Å². The molecule has 1 fully saturated rings. The third-order valence-electron chi connectivity index (χ3n) is 5.33. The van der Waals surface area contributed by atoms with Crippen molar-refractivity contribution in [1.29, 1.82) is 0 Å². The first-order chi connectivity index (χ1) is 13.1. The topological polar surface area (TPSA) is 59.8 Å². The summed E-state index contributed by atoms with van der Waals surface area (Å²) in [6, 6.07) is 16.2. The zero-order chi connectivity index (χ0) is 18.9. The number of carbonyl (C=O) groups excluding carboxylic acids is 1. The summed E-state index contributed by atoms with van der Waals surface area (Å²) in [5, 5.41) is 7.30. The fourth-order valence-corrected chi connectivity index (χ4v) is 3.60. The lowest BCUT2D eigenvalue weighted by Crippen LogP contribution is -2.45. The van der Waals surface area contributed by atoms with Crippen LogP contribution in [0.4, 0.5) is 4.39 Å². The quantitative estimate of drug-likeness (QED) is 0.753. The second-order valence-corrected chi connectivity index (χ2v) is 7.05. The molecule has 5 nitrogen and oxygen atoms in total. The van der Waals surface area contributed by atoms with E-state index in [1.807, 2.05) is 18.2 Å². The largest absolute Gasteiger partial charge is 0.348 e. The third kappa shape index (κ3) is 3.35. The number of rotatable bonds is 5. The van der Waals surface area contributed by atoms with Gasteiger partial charge in [0.25, 0.3) is 5.91 Å². The van der Waals surface area contributed by atoms with Crippen LogP contribution in [-0.4, -0.2) is 27.2 Å². The van der Waals surface area contributed by atoms with Gasteiger partial charge < -0.3 is 5.32 Å². The summed E-state index contributed by atoms with van der Waals surface area (Å²) < 4.78 is 14.7. The minimum Gasteiger partial charge on any atom is -0.348 e. The molecule has 1 heterocycles. The minimum atomic E-state index is -0.318. The van der Waals surface area contributed by atoms with Crippen LogP contribution < -0.4 is 5.32 Å². The van der Waals surface area contributed by atoms with Crippen molar-refractivity contribution in [2.45, 2.75) is 31.6 Å². The number of hydrogen-bond donors (Lipinski definition) is 1. The summed E-state index contributed by atoms with van der Waals surface area (Å²) in [6.07, 6.45) is 3.29. The lowest BCUT2D eigenvalue weighted by molar-refractivity contribution is 0.0917. The number of carbonyl (C=O) groups is 1. The summed E-state index contributed by atoms with van der Waals surface area (Å²) >= 11 is 0. The number of halogens is 1. The van der Waals surface area contributed by atoms with Crippen molar-refractivity contribution in [3.63, 3.8) is 0 Å². The number of benzene rings is 2. The predicted octanol–water partition coefficient (Wildman–Crippen LogP) is 3.57. The normalized spacial score (nSPS) is 15.2. The maximum absolute atomic E-state index is 13.1. The van der Waals surface area contributed by atoms with E-state index in [-0.39, 0.29) is 23.0 Å². The predicted molar refractivity (Wildman–Crippen MR) is 100 cm³/mol. The molecule has 0 spiro atoms. The van der Waals surface area contributed by atoms with Gasteiger partial charge in [0.2, 0.25) is 5.82 Å². The molecule has 138 valence electrons. The van der Waals surface area contributed by atoms with Crippen LogP contribution >= 0.6 is 0 Å². The summed E-state index contributed by atoms with van der Waals surface area (Å²) in [5.41, 5.74) is 1.93. The molecule has 6 heteroatoms. The molecular weight excluding hydrogens is 343 g/mol. The average Bonchev–Trinajstić information content (AvgIpc) is 3.04. The van der Waals surface area contributed by atoms with Crippen molar-refractivity contribution in [3.8, 4) is 5.69 Å². The third-order valence-corrected chi connectivity index (χ3v) is 5.33. The lowest BCUT2D eigenvalue weighted by Gasteiger charge is -2.42. The van der Waals surface area contributed by atoms with Crippen molar-refractivity contribution >= 4 is 5.91 Å². The standard InChI is InChI=1S/C21H21FN4O/c1-15-24-19(25-26(15)18-10-8-17(22)9-11-18)20(27)23-14-21(12-5-13-21)16-6-3-2-4-7-16/h2-4,6-11H,5,12-14H2,1H3,(H,23,27). The first-order valence-electron chi connectivity index (χ1n) is 9.11. The molecule has 0 saturated heterocycles. The molecule has 0 bridgehead atoms. The molecule has 1 aliphatic rings. The Morgan fingerprint density at radius 2 is 1.85 bits per heavy atom. The Balaban J connectivity index is 1.49. The molecule has 27 heavy (non-hydrogen) atoms. The Labute approximate surface area is 157 Å². The molecule has 4 rings (SSSR count). The molecule has 0 unspecified atom stereocenters. The number of aromatic nitrogens is 3. The van der Waals surface area contributed by atoms with Gasteiger partial charge >= 0.3 is 0 Å². The smallest absolute Gasteiger partial charge is 0.291 e. The van der Waals surface area contributed by atoms with Crippen LogP contribution in [0.2, 0.25) is 0 Å². The number of hydrogen-bond acceptors (Lipinski definition) is 3. The van der Waals surface area contributed by atoms with Crippen LogP contribution in [0, 0.1) is 12.7 Å². The zero-order valence-corrected chi connectivity index (χ0v) is 15.2. The zero-order valence-electron chi connectivity index (χ0n) is 15.2. The van der Waals surface area contributed by atoms with E-state index < -0.39 is 0 Å². The lowest BCUT2D eigenvalue weighted by atomic mass is 9.64. The summed E-state index contributed by atoms with van der Waals surface area (Å²) in [4.78, 5) is 16.9. The summed E-state index contributed by atoms with van der Waals surface area (Å²) in [5.74, 6) is 0.0925. The van der Waals surface area contributed by atoms with E-state index in [0.29, 0.717) is 18.1 Å². The maximum Gasteiger partial charge on any atom is 0.291 e. The van der Waals surface area contributed by atoms with E-state index in [2.05, 4.69) is 27.5 Å². The number of aryl methyl sites for hydroxylation is 1. The van der Waals surface area contributed by atoms with Crippen molar-refractivity contribution in [3.05, 3.63) is 77.6 Å². The molecule has 0 aliphatic heterocycles. The monoisotopic (exact) mass is 364 g/mol. The molecule has 0 atom stereocenters. The Morgan fingerprint density at radius 3 is 2.48 bits per heavy atom. The average molecular weight is 364 g/mol. The summed E-state index contributed by atoms with van der Waals surface area (Å²) in [7, 11) is 0. The molecule has 1 amide bonds. The van der Waals surface area contributed by atoms with Gasteiger partial charge in [-0.2, -0.15) is 0 Å². The molecular formula is C21H21FN4O. The molecule has 1 aromatic heterocycles. The van der Waals surface area contributed by atoms with Crippen LogP contribution in [0.5, 0.6) is 0 Å². The van der Waals surface area contributed by atoms with Gasteiger partial charge in [-0.25, -0.2) is 14.1 Å². The first kappa shape index (κ1) is 17.4. The van der Waals surface area contributed by atoms with E-state index in [0.717, 1.165) is 12.8 Å². The SMILES string of the molecule is Cc1nc(C(=O)NCC2(c3ccccc3)CCC2)nn1-c1ccc(F)cc1. The molecule has 1 N–H and O–H groups in total. The fraction of sp³-hybridized carbons (Fsp3) is 0.286. The maximum atomic E-state index is 13.1. The van der Waals surface area contributed by atoms with Crippen LogP contribution in [-0.2, 0) is 5.41 Å². The van der Waals surface area contributed by atoms with Gasteiger partial charge in [0.15, 0.2) is 0 Å². The first-order valence-corrected chi connectivity index (χ1v) is 9.11. The van der Waals surface area contributed by atoms with Gasteiger partial charge in [0.05, 0.1) is 5.69 Å². The van der Waals surface area contributed by atoms with E-state index >= 15 is 0 Å². The Hall–Kier alpha value is -3.02. The molecule has 1 saturated carbocycles. The van der Waals surface area contributed by atoms with Gasteiger partial charge in [-0.15, -0.1) is 5.10 Å². The second-order valence-electron chi connectivity index (χ2n) is 7.05. The van der Waals surface area contributed by atoms with Crippen molar-refractivity contribution in [2.24, 2.45) is 0 Å². The van der Waals surface area contributed by atoms with Crippen molar-refractivity contribution in [1.82, 2.24) is 20.1 Å². The number of nitrogens with one attached hydrogen (secondary N) is 1. The Morgan fingerprint density at radius 1 is 1.15 bits per heavy atom. The fourth-order valence-electron chi connectivity index (χ4n) is 3.60. The highest BCUT2D eigenvalue weighted by atomic mass is 19.1. The van der Waals surface area contributed by atoms with Gasteiger partial charge in [-0.3, -0.25) is 4.79 Å². The van der Waals surface area contributed by atoms with Crippen LogP contribution in [0.3, 0.4) is 0 Å². The molecule has 2 aromatic carbocycles. The molecule has 0 radical (unpaired) electrons. The van der Waals surface area contributed by atoms with Crippen molar-refractivity contribution < 1.29 is 9.18 Å². The molecule has 3 aromatic rings. The van der Waals surface area contributed by atoms with Gasteiger partial charge in [-0.05, 0) is 49.6 Å². The van der Waals surface area contributed by atoms with E-state index in [4.69, 9.17) is 0 Å². The minimum absolute atomic E-state index is 0.00544. The van der Waals surface area contributed by atoms with E-state index in [9.17, 15) is 9.18 Å². The van der Waals surface area contributed by atoms with Crippen LogP contribution in [0.1, 0.15) is 41.3 Å².